The van der Waals surface area contributed by atoms with E-state index >= 15 is 0 Å². The fourth-order valence-corrected chi connectivity index (χ4v) is 4.44. The summed E-state index contributed by atoms with van der Waals surface area (Å²) in [7, 11) is 2.09. The number of halogens is 2. The molecule has 0 bridgehead atoms. The lowest BCUT2D eigenvalue weighted by Gasteiger charge is -2.37. The van der Waals surface area contributed by atoms with Crippen molar-refractivity contribution in [1.29, 1.82) is 0 Å². The van der Waals surface area contributed by atoms with Crippen molar-refractivity contribution in [2.24, 2.45) is 0 Å². The Balaban J connectivity index is 1.81. The molecule has 25 heavy (non-hydrogen) atoms. The highest BCUT2D eigenvalue weighted by molar-refractivity contribution is 7.17. The number of hydrogen-bond donors (Lipinski definition) is 1. The van der Waals surface area contributed by atoms with E-state index in [2.05, 4.69) is 26.9 Å². The van der Waals surface area contributed by atoms with Crippen LogP contribution in [-0.2, 0) is 0 Å². The number of piperazine rings is 1. The van der Waals surface area contributed by atoms with Gasteiger partial charge in [-0.05, 0) is 24.7 Å². The third kappa shape index (κ3) is 2.99. The zero-order valence-corrected chi connectivity index (χ0v) is 15.1. The molecule has 1 aromatic carbocycles. The summed E-state index contributed by atoms with van der Waals surface area (Å²) in [6, 6.07) is 4.50. The molecule has 0 radical (unpaired) electrons. The second kappa shape index (κ2) is 6.53. The SMILES string of the molecule is CN1CCN(C(c2ccc(F)c(Cl)c2)c2sc3ncnn3c2O)CC1. The summed E-state index contributed by atoms with van der Waals surface area (Å²) in [6.45, 7) is 3.52. The predicted octanol–water partition coefficient (Wildman–Crippen LogP) is 2.63. The topological polar surface area (TPSA) is 56.9 Å². The Morgan fingerprint density at radius 1 is 1.28 bits per heavy atom. The molecule has 0 aliphatic carbocycles. The van der Waals surface area contributed by atoms with Gasteiger partial charge in [-0.15, -0.1) is 0 Å². The molecule has 0 spiro atoms. The highest BCUT2D eigenvalue weighted by atomic mass is 35.5. The minimum absolute atomic E-state index is 0.0712. The molecular weight excluding hydrogens is 365 g/mol. The summed E-state index contributed by atoms with van der Waals surface area (Å²) in [5.74, 6) is -0.378. The van der Waals surface area contributed by atoms with Gasteiger partial charge in [-0.2, -0.15) is 9.61 Å². The van der Waals surface area contributed by atoms with Crippen molar-refractivity contribution in [3.8, 4) is 5.88 Å². The van der Waals surface area contributed by atoms with Gasteiger partial charge in [0, 0.05) is 26.2 Å². The van der Waals surface area contributed by atoms with E-state index in [1.165, 1.54) is 28.2 Å². The smallest absolute Gasteiger partial charge is 0.230 e. The molecule has 1 fully saturated rings. The Labute approximate surface area is 153 Å². The normalized spacial score (nSPS) is 18.0. The Morgan fingerprint density at radius 2 is 2.04 bits per heavy atom. The third-order valence-corrected chi connectivity index (χ3v) is 5.93. The first-order valence-electron chi connectivity index (χ1n) is 7.93. The summed E-state index contributed by atoms with van der Waals surface area (Å²) >= 11 is 7.40. The zero-order chi connectivity index (χ0) is 17.6. The van der Waals surface area contributed by atoms with Gasteiger partial charge >= 0.3 is 0 Å². The molecule has 1 saturated heterocycles. The van der Waals surface area contributed by atoms with E-state index in [0.29, 0.717) is 4.96 Å². The average Bonchev–Trinajstić information content (AvgIpc) is 3.17. The summed E-state index contributed by atoms with van der Waals surface area (Å²) in [4.78, 5) is 10.1. The molecule has 4 rings (SSSR count). The van der Waals surface area contributed by atoms with Crippen molar-refractivity contribution in [3.63, 3.8) is 0 Å². The molecule has 1 atom stereocenters. The van der Waals surface area contributed by atoms with Crippen molar-refractivity contribution >= 4 is 27.9 Å². The van der Waals surface area contributed by atoms with E-state index in [9.17, 15) is 9.50 Å². The quantitative estimate of drug-likeness (QED) is 0.755. The standard InChI is InChI=1S/C16H17ClFN5OS/c1-21-4-6-22(7-5-21)13(10-2-3-12(18)11(17)8-10)14-15(24)23-16(25-14)19-9-20-23/h2-3,8-9,13,24H,4-7H2,1H3. The van der Waals surface area contributed by atoms with Crippen LogP contribution in [0.1, 0.15) is 16.5 Å². The van der Waals surface area contributed by atoms with Crippen molar-refractivity contribution in [1.82, 2.24) is 24.4 Å². The van der Waals surface area contributed by atoms with E-state index in [4.69, 9.17) is 11.6 Å². The molecule has 3 aromatic rings. The number of fused-ring (bicyclic) bond motifs is 1. The van der Waals surface area contributed by atoms with Gasteiger partial charge in [0.1, 0.15) is 12.1 Å². The first kappa shape index (κ1) is 16.7. The van der Waals surface area contributed by atoms with Crippen molar-refractivity contribution in [2.75, 3.05) is 33.2 Å². The highest BCUT2D eigenvalue weighted by Crippen LogP contribution is 2.40. The van der Waals surface area contributed by atoms with E-state index in [-0.39, 0.29) is 16.9 Å². The van der Waals surface area contributed by atoms with Gasteiger partial charge in [-0.3, -0.25) is 4.90 Å². The number of nitrogens with zero attached hydrogens (tertiary/aromatic N) is 5. The number of thiazole rings is 1. The third-order valence-electron chi connectivity index (χ3n) is 4.55. The van der Waals surface area contributed by atoms with Gasteiger partial charge < -0.3 is 10.0 Å². The molecule has 1 aliphatic rings. The van der Waals surface area contributed by atoms with Crippen LogP contribution < -0.4 is 0 Å². The molecule has 1 aliphatic heterocycles. The summed E-state index contributed by atoms with van der Waals surface area (Å²) in [5, 5.41) is 14.8. The Hall–Kier alpha value is -1.74. The van der Waals surface area contributed by atoms with E-state index in [0.717, 1.165) is 36.6 Å². The number of aromatic nitrogens is 3. The van der Waals surface area contributed by atoms with Crippen LogP contribution in [0.15, 0.2) is 24.5 Å². The van der Waals surface area contributed by atoms with Crippen LogP contribution >= 0.6 is 22.9 Å². The number of rotatable bonds is 3. The molecular formula is C16H17ClFN5OS. The van der Waals surface area contributed by atoms with E-state index in [1.807, 2.05) is 0 Å². The average molecular weight is 382 g/mol. The van der Waals surface area contributed by atoms with Crippen LogP contribution in [0.2, 0.25) is 5.02 Å². The minimum atomic E-state index is -0.450. The van der Waals surface area contributed by atoms with Gasteiger partial charge in [0.2, 0.25) is 10.8 Å². The predicted molar refractivity (Wildman–Crippen MR) is 94.9 cm³/mol. The maximum Gasteiger partial charge on any atom is 0.230 e. The van der Waals surface area contributed by atoms with Crippen molar-refractivity contribution < 1.29 is 9.50 Å². The van der Waals surface area contributed by atoms with Gasteiger partial charge in [0.05, 0.1) is 15.9 Å². The Bertz CT molecular complexity index is 905. The summed E-state index contributed by atoms with van der Waals surface area (Å²) < 4.78 is 15.1. The molecule has 0 amide bonds. The maximum atomic E-state index is 13.6. The zero-order valence-electron chi connectivity index (χ0n) is 13.6. The van der Waals surface area contributed by atoms with Gasteiger partial charge in [-0.1, -0.05) is 29.0 Å². The van der Waals surface area contributed by atoms with Crippen LogP contribution in [0.25, 0.3) is 4.96 Å². The second-order valence-electron chi connectivity index (χ2n) is 6.16. The van der Waals surface area contributed by atoms with Crippen LogP contribution in [0.5, 0.6) is 5.88 Å². The number of likely N-dealkylation sites (N-methyl/N-ethyl adjacent to an activating group) is 1. The first-order chi connectivity index (χ1) is 12.0. The van der Waals surface area contributed by atoms with Crippen LogP contribution in [0.4, 0.5) is 4.39 Å². The molecule has 9 heteroatoms. The number of benzene rings is 1. The number of hydrogen-bond acceptors (Lipinski definition) is 6. The van der Waals surface area contributed by atoms with Crippen molar-refractivity contribution in [3.05, 3.63) is 45.8 Å². The molecule has 6 nitrogen and oxygen atoms in total. The lowest BCUT2D eigenvalue weighted by molar-refractivity contribution is 0.127. The van der Waals surface area contributed by atoms with Crippen LogP contribution in [-0.4, -0.2) is 62.7 Å². The summed E-state index contributed by atoms with van der Waals surface area (Å²) in [5.41, 5.74) is 0.843. The van der Waals surface area contributed by atoms with Crippen LogP contribution in [0.3, 0.4) is 0 Å². The maximum absolute atomic E-state index is 13.6. The monoisotopic (exact) mass is 381 g/mol. The first-order valence-corrected chi connectivity index (χ1v) is 9.13. The summed E-state index contributed by atoms with van der Waals surface area (Å²) in [6.07, 6.45) is 1.41. The molecule has 0 saturated carbocycles. The van der Waals surface area contributed by atoms with Gasteiger partial charge in [-0.25, -0.2) is 9.37 Å². The molecule has 2 aromatic heterocycles. The fourth-order valence-electron chi connectivity index (χ4n) is 3.16. The highest BCUT2D eigenvalue weighted by Gasteiger charge is 2.31. The van der Waals surface area contributed by atoms with E-state index in [1.54, 1.807) is 12.1 Å². The fraction of sp³-hybridized carbons (Fsp3) is 0.375. The second-order valence-corrected chi connectivity index (χ2v) is 7.58. The molecule has 3 heterocycles. The number of aromatic hydroxyl groups is 1. The van der Waals surface area contributed by atoms with Gasteiger partial charge in [0.25, 0.3) is 0 Å². The Kier molecular flexibility index (Phi) is 4.36. The molecule has 1 N–H and O–H groups in total. The van der Waals surface area contributed by atoms with Crippen LogP contribution in [0, 0.1) is 5.82 Å². The Morgan fingerprint density at radius 3 is 2.72 bits per heavy atom. The lowest BCUT2D eigenvalue weighted by atomic mass is 10.0. The largest absolute Gasteiger partial charge is 0.492 e. The van der Waals surface area contributed by atoms with Gasteiger partial charge in [0.15, 0.2) is 0 Å². The van der Waals surface area contributed by atoms with E-state index < -0.39 is 5.82 Å². The van der Waals surface area contributed by atoms with Crippen molar-refractivity contribution in [2.45, 2.75) is 6.04 Å². The molecule has 1 unspecified atom stereocenters. The minimum Gasteiger partial charge on any atom is -0.492 e. The lowest BCUT2D eigenvalue weighted by Crippen LogP contribution is -2.46. The molecule has 132 valence electrons.